The van der Waals surface area contributed by atoms with Crippen molar-refractivity contribution in [2.45, 2.75) is 25.5 Å². The zero-order chi connectivity index (χ0) is 25.4. The maximum Gasteiger partial charge on any atom is 0.305 e. The van der Waals surface area contributed by atoms with E-state index in [9.17, 15) is 14.4 Å². The summed E-state index contributed by atoms with van der Waals surface area (Å²) in [5.74, 6) is -1.00. The third kappa shape index (κ3) is 7.55. The summed E-state index contributed by atoms with van der Waals surface area (Å²) in [6, 6.07) is 10.8. The molecule has 1 unspecified atom stereocenters. The van der Waals surface area contributed by atoms with E-state index in [1.165, 1.54) is 6.21 Å². The Kier molecular flexibility index (Phi) is 9.26. The molecule has 1 atom stereocenters. The predicted molar refractivity (Wildman–Crippen MR) is 137 cm³/mol. The summed E-state index contributed by atoms with van der Waals surface area (Å²) in [6.45, 7) is 3.89. The molecular formula is C23H23BrN4O6S. The molecule has 0 bridgehead atoms. The van der Waals surface area contributed by atoms with Crippen LogP contribution in [0.15, 0.2) is 51.1 Å². The third-order valence-corrected chi connectivity index (χ3v) is 6.38. The van der Waals surface area contributed by atoms with E-state index in [0.29, 0.717) is 33.8 Å². The van der Waals surface area contributed by atoms with Crippen molar-refractivity contribution >= 4 is 62.5 Å². The number of carboxylic acids is 1. The normalized spacial score (nSPS) is 16.4. The number of carbonyl (C=O) groups is 3. The average Bonchev–Trinajstić information content (AvgIpc) is 3.14. The Morgan fingerprint density at radius 2 is 2.00 bits per heavy atom. The molecule has 2 aromatic rings. The van der Waals surface area contributed by atoms with Gasteiger partial charge in [-0.15, -0.1) is 5.10 Å². The van der Waals surface area contributed by atoms with Gasteiger partial charge in [0, 0.05) is 15.7 Å². The number of halogens is 1. The van der Waals surface area contributed by atoms with Crippen molar-refractivity contribution in [2.24, 2.45) is 10.2 Å². The Hall–Kier alpha value is -3.38. The first-order valence-electron chi connectivity index (χ1n) is 10.5. The van der Waals surface area contributed by atoms with Crippen molar-refractivity contribution in [2.75, 3.05) is 18.5 Å². The Bertz CT molecular complexity index is 1190. The number of hydrogen-bond donors (Lipinski definition) is 3. The van der Waals surface area contributed by atoms with E-state index in [0.717, 1.165) is 17.3 Å². The van der Waals surface area contributed by atoms with Crippen LogP contribution >= 0.6 is 27.7 Å². The van der Waals surface area contributed by atoms with E-state index in [2.05, 4.69) is 36.8 Å². The van der Waals surface area contributed by atoms with Gasteiger partial charge < -0.3 is 25.2 Å². The van der Waals surface area contributed by atoms with E-state index < -0.39 is 17.1 Å². The van der Waals surface area contributed by atoms with E-state index in [1.807, 2.05) is 38.1 Å². The lowest BCUT2D eigenvalue weighted by molar-refractivity contribution is -0.138. The summed E-state index contributed by atoms with van der Waals surface area (Å²) in [4.78, 5) is 35.0. The maximum absolute atomic E-state index is 12.3. The standard InChI is InChI=1S/C23H23BrN4O6S/c1-3-33-17-8-14(11-25-28-23-27-22(32)19(35-23)10-21(30)31)15(24)9-18(17)34-12-20(29)26-16-7-5-4-6-13(16)2/h4-9,11,19H,3,10,12H2,1-2H3,(H,26,29)(H,30,31)(H,27,28,32). The second-order valence-corrected chi connectivity index (χ2v) is 9.29. The van der Waals surface area contributed by atoms with Crippen LogP contribution < -0.4 is 20.1 Å². The highest BCUT2D eigenvalue weighted by molar-refractivity contribution is 9.10. The molecule has 1 saturated heterocycles. The molecule has 1 aliphatic heterocycles. The minimum Gasteiger partial charge on any atom is -0.490 e. The van der Waals surface area contributed by atoms with Crippen LogP contribution in [-0.2, 0) is 14.4 Å². The molecule has 10 nitrogen and oxygen atoms in total. The number of hydrogen-bond acceptors (Lipinski definition) is 8. The lowest BCUT2D eigenvalue weighted by Crippen LogP contribution is -2.26. The van der Waals surface area contributed by atoms with Crippen LogP contribution in [0.25, 0.3) is 0 Å². The van der Waals surface area contributed by atoms with E-state index in [-0.39, 0.29) is 24.1 Å². The van der Waals surface area contributed by atoms with Gasteiger partial charge in [-0.2, -0.15) is 5.10 Å². The van der Waals surface area contributed by atoms with Crippen LogP contribution in [0, 0.1) is 6.92 Å². The number of nitrogens with zero attached hydrogens (tertiary/aromatic N) is 2. The summed E-state index contributed by atoms with van der Waals surface area (Å²) in [5.41, 5.74) is 2.27. The molecule has 3 N–H and O–H groups in total. The van der Waals surface area contributed by atoms with Gasteiger partial charge in [-0.3, -0.25) is 14.4 Å². The number of aryl methyl sites for hydroxylation is 1. The Morgan fingerprint density at radius 3 is 2.71 bits per heavy atom. The van der Waals surface area contributed by atoms with Gasteiger partial charge in [0.05, 0.1) is 19.2 Å². The number of para-hydroxylation sites is 1. The topological polar surface area (TPSA) is 139 Å². The highest BCUT2D eigenvalue weighted by atomic mass is 79.9. The summed E-state index contributed by atoms with van der Waals surface area (Å²) in [7, 11) is 0. The molecule has 3 rings (SSSR count). The zero-order valence-electron chi connectivity index (χ0n) is 18.9. The van der Waals surface area contributed by atoms with Gasteiger partial charge in [-0.1, -0.05) is 30.0 Å². The van der Waals surface area contributed by atoms with Gasteiger partial charge in [0.25, 0.3) is 5.91 Å². The number of amides is 2. The van der Waals surface area contributed by atoms with Crippen molar-refractivity contribution in [1.29, 1.82) is 0 Å². The highest BCUT2D eigenvalue weighted by Gasteiger charge is 2.32. The van der Waals surface area contributed by atoms with Crippen LogP contribution in [0.4, 0.5) is 5.69 Å². The summed E-state index contributed by atoms with van der Waals surface area (Å²) >= 11 is 4.46. The number of nitrogens with one attached hydrogen (secondary N) is 2. The van der Waals surface area contributed by atoms with Crippen LogP contribution in [0.5, 0.6) is 11.5 Å². The van der Waals surface area contributed by atoms with E-state index in [4.69, 9.17) is 14.6 Å². The fourth-order valence-electron chi connectivity index (χ4n) is 2.96. The number of benzene rings is 2. The quantitative estimate of drug-likeness (QED) is 0.297. The minimum atomic E-state index is -1.07. The maximum atomic E-state index is 12.3. The molecule has 0 aromatic heterocycles. The molecule has 1 fully saturated rings. The van der Waals surface area contributed by atoms with Crippen LogP contribution in [-0.4, -0.2) is 52.7 Å². The van der Waals surface area contributed by atoms with Gasteiger partial charge >= 0.3 is 5.97 Å². The molecule has 0 aliphatic carbocycles. The van der Waals surface area contributed by atoms with Crippen molar-refractivity contribution in [3.63, 3.8) is 0 Å². The third-order valence-electron chi connectivity index (χ3n) is 4.62. The smallest absolute Gasteiger partial charge is 0.305 e. The Balaban J connectivity index is 1.67. The predicted octanol–water partition coefficient (Wildman–Crippen LogP) is 3.57. The molecule has 2 amide bonds. The molecule has 0 spiro atoms. The molecule has 2 aromatic carbocycles. The Morgan fingerprint density at radius 1 is 1.26 bits per heavy atom. The van der Waals surface area contributed by atoms with Crippen molar-refractivity contribution in [1.82, 2.24) is 5.32 Å². The second kappa shape index (κ2) is 12.4. The number of carboxylic acid groups (broad SMARTS) is 1. The fourth-order valence-corrected chi connectivity index (χ4v) is 4.30. The number of amidine groups is 1. The molecule has 1 aliphatic rings. The van der Waals surface area contributed by atoms with E-state index >= 15 is 0 Å². The molecule has 1 heterocycles. The number of thioether (sulfide) groups is 1. The van der Waals surface area contributed by atoms with Gasteiger partial charge in [0.1, 0.15) is 5.25 Å². The second-order valence-electron chi connectivity index (χ2n) is 7.25. The van der Waals surface area contributed by atoms with Crippen LogP contribution in [0.1, 0.15) is 24.5 Å². The van der Waals surface area contributed by atoms with Gasteiger partial charge in [0.15, 0.2) is 23.3 Å². The summed E-state index contributed by atoms with van der Waals surface area (Å²) < 4.78 is 12.0. The van der Waals surface area contributed by atoms with Crippen molar-refractivity contribution in [3.05, 3.63) is 52.0 Å². The van der Waals surface area contributed by atoms with Crippen LogP contribution in [0.2, 0.25) is 0 Å². The molecule has 35 heavy (non-hydrogen) atoms. The van der Waals surface area contributed by atoms with Gasteiger partial charge in [-0.25, -0.2) is 0 Å². The van der Waals surface area contributed by atoms with E-state index in [1.54, 1.807) is 12.1 Å². The molecule has 0 saturated carbocycles. The Labute approximate surface area is 214 Å². The number of anilines is 1. The van der Waals surface area contributed by atoms with Crippen molar-refractivity contribution in [3.8, 4) is 11.5 Å². The fraction of sp³-hybridized carbons (Fsp3) is 0.261. The molecule has 184 valence electrons. The first-order chi connectivity index (χ1) is 16.8. The number of rotatable bonds is 10. The van der Waals surface area contributed by atoms with Crippen molar-refractivity contribution < 1.29 is 29.0 Å². The highest BCUT2D eigenvalue weighted by Crippen LogP contribution is 2.33. The number of carbonyl (C=O) groups excluding carboxylic acids is 2. The minimum absolute atomic E-state index is 0.212. The first kappa shape index (κ1) is 26.2. The largest absolute Gasteiger partial charge is 0.490 e. The average molecular weight is 563 g/mol. The SMILES string of the molecule is CCOc1cc(C=NN=C2NC(=O)C(CC(=O)O)S2)c(Br)cc1OCC(=O)Nc1ccccc1C. The van der Waals surface area contributed by atoms with Gasteiger partial charge in [0.2, 0.25) is 5.91 Å². The summed E-state index contributed by atoms with van der Waals surface area (Å²) in [5, 5.41) is 21.6. The summed E-state index contributed by atoms with van der Waals surface area (Å²) in [6.07, 6.45) is 1.15. The van der Waals surface area contributed by atoms with Gasteiger partial charge in [-0.05, 0) is 53.5 Å². The number of aliphatic carboxylic acids is 1. The van der Waals surface area contributed by atoms with Crippen LogP contribution in [0.3, 0.4) is 0 Å². The zero-order valence-corrected chi connectivity index (χ0v) is 21.3. The first-order valence-corrected chi connectivity index (χ1v) is 12.2. The molecule has 0 radical (unpaired) electrons. The number of ether oxygens (including phenoxy) is 2. The molecular weight excluding hydrogens is 540 g/mol. The monoisotopic (exact) mass is 562 g/mol. The molecule has 12 heteroatoms. The lowest BCUT2D eigenvalue weighted by atomic mass is 10.2. The lowest BCUT2D eigenvalue weighted by Gasteiger charge is -2.14.